The lowest BCUT2D eigenvalue weighted by Crippen LogP contribution is -2.36. The topological polar surface area (TPSA) is 93.6 Å². The Kier molecular flexibility index (Phi) is 4.46. The summed E-state index contributed by atoms with van der Waals surface area (Å²) in [6.45, 7) is -0.437. The molecule has 2 N–H and O–H groups in total. The molecule has 1 aliphatic rings. The largest absolute Gasteiger partial charge is 0.457 e. The van der Waals surface area contributed by atoms with Gasteiger partial charge in [-0.05, 0) is 36.0 Å². The molecule has 3 amide bonds. The van der Waals surface area contributed by atoms with Crippen LogP contribution in [0.1, 0.15) is 5.76 Å². The highest BCUT2D eigenvalue weighted by Gasteiger charge is 2.36. The number of thioether (sulfide) groups is 1. The molecule has 1 aliphatic heterocycles. The average Bonchev–Trinajstić information content (AvgIpc) is 3.08. The Morgan fingerprint density at radius 3 is 2.79 bits per heavy atom. The summed E-state index contributed by atoms with van der Waals surface area (Å²) in [4.78, 5) is 35.8. The number of rotatable bonds is 4. The summed E-state index contributed by atoms with van der Waals surface area (Å²) in [5.41, 5.74) is 5.83. The summed E-state index contributed by atoms with van der Waals surface area (Å²) < 4.78 is 5.66. The van der Waals surface area contributed by atoms with Crippen molar-refractivity contribution in [1.29, 1.82) is 0 Å². The maximum atomic E-state index is 12.1. The van der Waals surface area contributed by atoms with Gasteiger partial charge in [0, 0.05) is 16.7 Å². The summed E-state index contributed by atoms with van der Waals surface area (Å²) in [6, 6.07) is 10.6. The van der Waals surface area contributed by atoms with Crippen LogP contribution in [0.2, 0.25) is 5.02 Å². The monoisotopic (exact) mass is 362 g/mol. The molecule has 6 nitrogen and oxygen atoms in total. The first-order valence-corrected chi connectivity index (χ1v) is 8.03. The number of amides is 3. The van der Waals surface area contributed by atoms with Gasteiger partial charge in [0.05, 0.1) is 4.91 Å². The molecule has 8 heteroatoms. The summed E-state index contributed by atoms with van der Waals surface area (Å²) in [6.07, 6.45) is 1.46. The first-order chi connectivity index (χ1) is 11.4. The average molecular weight is 363 g/mol. The fraction of sp³-hybridized carbons (Fsp3) is 0.0625. The Morgan fingerprint density at radius 2 is 2.08 bits per heavy atom. The standard InChI is InChI=1S/C16H11ClN2O4S/c17-10-3-1-2-9(6-10)12-5-4-11(23-12)7-13-15(21)19(8-14(18)20)16(22)24-13/h1-7H,8H2,(H2,18,20)/b13-7-. The van der Waals surface area contributed by atoms with Gasteiger partial charge in [-0.1, -0.05) is 23.7 Å². The quantitative estimate of drug-likeness (QED) is 0.843. The molecule has 0 spiro atoms. The molecule has 1 aromatic heterocycles. The molecule has 0 saturated carbocycles. The van der Waals surface area contributed by atoms with Crippen molar-refractivity contribution in [3.05, 3.63) is 52.1 Å². The summed E-state index contributed by atoms with van der Waals surface area (Å²) in [5.74, 6) is -0.320. The predicted molar refractivity (Wildman–Crippen MR) is 91.0 cm³/mol. The summed E-state index contributed by atoms with van der Waals surface area (Å²) in [5, 5.41) is 0.0460. The fourth-order valence-electron chi connectivity index (χ4n) is 2.15. The second-order valence-corrected chi connectivity index (χ2v) is 6.38. The van der Waals surface area contributed by atoms with Crippen LogP contribution < -0.4 is 5.73 Å². The highest BCUT2D eigenvalue weighted by molar-refractivity contribution is 8.18. The van der Waals surface area contributed by atoms with E-state index in [0.717, 1.165) is 22.2 Å². The number of primary amides is 1. The van der Waals surface area contributed by atoms with Gasteiger partial charge in [0.2, 0.25) is 5.91 Å². The lowest BCUT2D eigenvalue weighted by atomic mass is 10.2. The van der Waals surface area contributed by atoms with Gasteiger partial charge in [0.15, 0.2) is 0 Å². The summed E-state index contributed by atoms with van der Waals surface area (Å²) in [7, 11) is 0. The van der Waals surface area contributed by atoms with E-state index >= 15 is 0 Å². The molecule has 1 saturated heterocycles. The number of carbonyl (C=O) groups excluding carboxylic acids is 3. The van der Waals surface area contributed by atoms with E-state index in [0.29, 0.717) is 16.5 Å². The Balaban J connectivity index is 1.84. The van der Waals surface area contributed by atoms with Gasteiger partial charge < -0.3 is 10.2 Å². The van der Waals surface area contributed by atoms with E-state index in [2.05, 4.69) is 0 Å². The molecular weight excluding hydrogens is 352 g/mol. The number of benzene rings is 1. The van der Waals surface area contributed by atoms with Crippen LogP contribution in [-0.2, 0) is 9.59 Å². The Labute approximate surface area is 146 Å². The van der Waals surface area contributed by atoms with Gasteiger partial charge in [-0.15, -0.1) is 0 Å². The van der Waals surface area contributed by atoms with Gasteiger partial charge in [-0.2, -0.15) is 0 Å². The van der Waals surface area contributed by atoms with Gasteiger partial charge in [-0.3, -0.25) is 19.3 Å². The maximum absolute atomic E-state index is 12.1. The number of imide groups is 1. The van der Waals surface area contributed by atoms with E-state index in [1.807, 2.05) is 6.07 Å². The van der Waals surface area contributed by atoms with Crippen LogP contribution in [0.5, 0.6) is 0 Å². The van der Waals surface area contributed by atoms with Gasteiger partial charge in [-0.25, -0.2) is 0 Å². The molecule has 122 valence electrons. The first kappa shape index (κ1) is 16.4. The number of hydrogen-bond acceptors (Lipinski definition) is 5. The Morgan fingerprint density at radius 1 is 1.29 bits per heavy atom. The van der Waals surface area contributed by atoms with Crippen LogP contribution in [0.4, 0.5) is 4.79 Å². The Bertz CT molecular complexity index is 874. The number of carbonyl (C=O) groups is 3. The van der Waals surface area contributed by atoms with Crippen LogP contribution in [-0.4, -0.2) is 28.5 Å². The van der Waals surface area contributed by atoms with Gasteiger partial charge in [0.1, 0.15) is 18.1 Å². The van der Waals surface area contributed by atoms with E-state index in [9.17, 15) is 14.4 Å². The fourth-order valence-corrected chi connectivity index (χ4v) is 3.16. The van der Waals surface area contributed by atoms with Crippen molar-refractivity contribution >= 4 is 46.5 Å². The number of nitrogens with two attached hydrogens (primary N) is 1. The van der Waals surface area contributed by atoms with Crippen LogP contribution in [0.15, 0.2) is 45.7 Å². The molecule has 0 aliphatic carbocycles. The van der Waals surface area contributed by atoms with Crippen molar-refractivity contribution in [2.75, 3.05) is 6.54 Å². The first-order valence-electron chi connectivity index (χ1n) is 6.83. The number of hydrogen-bond donors (Lipinski definition) is 1. The van der Waals surface area contributed by atoms with Crippen LogP contribution in [0, 0.1) is 0 Å². The third kappa shape index (κ3) is 3.37. The van der Waals surface area contributed by atoms with E-state index in [-0.39, 0.29) is 4.91 Å². The minimum Gasteiger partial charge on any atom is -0.457 e. The molecule has 3 rings (SSSR count). The number of halogens is 1. The normalized spacial score (nSPS) is 16.2. The third-order valence-electron chi connectivity index (χ3n) is 3.20. The van der Waals surface area contributed by atoms with Crippen molar-refractivity contribution in [1.82, 2.24) is 4.90 Å². The molecule has 0 bridgehead atoms. The van der Waals surface area contributed by atoms with Crippen LogP contribution in [0.25, 0.3) is 17.4 Å². The minimum absolute atomic E-state index is 0.174. The van der Waals surface area contributed by atoms with E-state index < -0.39 is 23.6 Å². The second-order valence-electron chi connectivity index (χ2n) is 4.95. The highest BCUT2D eigenvalue weighted by Crippen LogP contribution is 2.33. The smallest absolute Gasteiger partial charge is 0.294 e. The predicted octanol–water partition coefficient (Wildman–Crippen LogP) is 3.12. The third-order valence-corrected chi connectivity index (χ3v) is 4.34. The van der Waals surface area contributed by atoms with Crippen molar-refractivity contribution in [3.8, 4) is 11.3 Å². The lowest BCUT2D eigenvalue weighted by molar-refractivity contribution is -0.127. The second kappa shape index (κ2) is 6.54. The number of nitrogens with zero attached hydrogens (tertiary/aromatic N) is 1. The van der Waals surface area contributed by atoms with Crippen molar-refractivity contribution in [2.24, 2.45) is 5.73 Å². The molecule has 2 heterocycles. The molecule has 1 fully saturated rings. The maximum Gasteiger partial charge on any atom is 0.294 e. The van der Waals surface area contributed by atoms with Crippen molar-refractivity contribution < 1.29 is 18.8 Å². The summed E-state index contributed by atoms with van der Waals surface area (Å²) >= 11 is 6.69. The molecule has 2 aromatic rings. The molecule has 24 heavy (non-hydrogen) atoms. The van der Waals surface area contributed by atoms with Gasteiger partial charge >= 0.3 is 0 Å². The van der Waals surface area contributed by atoms with Crippen molar-refractivity contribution in [2.45, 2.75) is 0 Å². The van der Waals surface area contributed by atoms with Crippen molar-refractivity contribution in [3.63, 3.8) is 0 Å². The molecule has 0 radical (unpaired) electrons. The zero-order chi connectivity index (χ0) is 17.3. The number of furan rings is 1. The van der Waals surface area contributed by atoms with E-state index in [4.69, 9.17) is 21.8 Å². The SMILES string of the molecule is NC(=O)CN1C(=O)S/C(=C\c2ccc(-c3cccc(Cl)c3)o2)C1=O. The van der Waals surface area contributed by atoms with Gasteiger partial charge in [0.25, 0.3) is 11.1 Å². The Hall–Kier alpha value is -2.51. The molecule has 1 aromatic carbocycles. The van der Waals surface area contributed by atoms with E-state index in [1.54, 1.807) is 30.3 Å². The molecule has 0 atom stereocenters. The van der Waals surface area contributed by atoms with E-state index in [1.165, 1.54) is 6.08 Å². The minimum atomic E-state index is -0.750. The highest BCUT2D eigenvalue weighted by atomic mass is 35.5. The lowest BCUT2D eigenvalue weighted by Gasteiger charge is -2.08. The van der Waals surface area contributed by atoms with Crippen LogP contribution >= 0.6 is 23.4 Å². The molecule has 0 unspecified atom stereocenters. The zero-order valence-electron chi connectivity index (χ0n) is 12.2. The zero-order valence-corrected chi connectivity index (χ0v) is 13.8. The molecular formula is C16H11ClN2O4S. The van der Waals surface area contributed by atoms with Crippen LogP contribution in [0.3, 0.4) is 0 Å².